The lowest BCUT2D eigenvalue weighted by Crippen LogP contribution is -2.26. The van der Waals surface area contributed by atoms with Crippen LogP contribution in [0.4, 0.5) is 5.69 Å². The fourth-order valence-corrected chi connectivity index (χ4v) is 1.63. The number of primary amides is 1. The first kappa shape index (κ1) is 12.8. The summed E-state index contributed by atoms with van der Waals surface area (Å²) in [6.07, 6.45) is 0. The third-order valence-corrected chi connectivity index (χ3v) is 2.66. The van der Waals surface area contributed by atoms with E-state index in [0.29, 0.717) is 6.54 Å². The molecule has 1 unspecified atom stereocenters. The first-order valence-electron chi connectivity index (χ1n) is 4.90. The average Bonchev–Trinajstić information content (AvgIpc) is 2.24. The molecule has 5 heteroatoms. The average molecular weight is 287 g/mol. The fraction of sp³-hybridized carbons (Fsp3) is 0.364. The summed E-state index contributed by atoms with van der Waals surface area (Å²) in [5.41, 5.74) is 6.06. The summed E-state index contributed by atoms with van der Waals surface area (Å²) in [6, 6.07) is 5.64. The summed E-state index contributed by atoms with van der Waals surface area (Å²) in [5.74, 6) is 0.239. The molecule has 88 valence electrons. The smallest absolute Gasteiger partial charge is 0.222 e. The number of benzene rings is 1. The largest absolute Gasteiger partial charge is 0.497 e. The molecule has 0 spiro atoms. The number of ether oxygens (including phenoxy) is 1. The SMILES string of the molecule is COc1cc(Br)cc(NCC(C)C(N)=O)c1. The minimum Gasteiger partial charge on any atom is -0.497 e. The first-order chi connectivity index (χ1) is 7.52. The van der Waals surface area contributed by atoms with Crippen molar-refractivity contribution < 1.29 is 9.53 Å². The summed E-state index contributed by atoms with van der Waals surface area (Å²) >= 11 is 3.38. The molecule has 3 N–H and O–H groups in total. The Morgan fingerprint density at radius 3 is 2.81 bits per heavy atom. The summed E-state index contributed by atoms with van der Waals surface area (Å²) in [6.45, 7) is 2.29. The molecule has 0 radical (unpaired) electrons. The van der Waals surface area contributed by atoms with Crippen LogP contribution in [0, 0.1) is 5.92 Å². The Morgan fingerprint density at radius 2 is 2.25 bits per heavy atom. The minimum atomic E-state index is -0.311. The van der Waals surface area contributed by atoms with Crippen molar-refractivity contribution in [2.45, 2.75) is 6.92 Å². The highest BCUT2D eigenvalue weighted by molar-refractivity contribution is 9.10. The van der Waals surface area contributed by atoms with E-state index in [4.69, 9.17) is 10.5 Å². The second-order valence-corrected chi connectivity index (χ2v) is 4.48. The molecule has 4 nitrogen and oxygen atoms in total. The molecule has 16 heavy (non-hydrogen) atoms. The van der Waals surface area contributed by atoms with Gasteiger partial charge in [0.05, 0.1) is 13.0 Å². The van der Waals surface area contributed by atoms with E-state index in [0.717, 1.165) is 15.9 Å². The van der Waals surface area contributed by atoms with Gasteiger partial charge in [0.1, 0.15) is 5.75 Å². The molecule has 1 amide bonds. The Kier molecular flexibility index (Phi) is 4.61. The summed E-state index contributed by atoms with van der Waals surface area (Å²) in [4.78, 5) is 10.9. The molecular formula is C11H15BrN2O2. The van der Waals surface area contributed by atoms with Crippen molar-refractivity contribution in [2.75, 3.05) is 19.0 Å². The quantitative estimate of drug-likeness (QED) is 0.870. The predicted molar refractivity (Wildman–Crippen MR) is 67.5 cm³/mol. The van der Waals surface area contributed by atoms with Gasteiger partial charge in [-0.3, -0.25) is 4.79 Å². The van der Waals surface area contributed by atoms with Crippen LogP contribution in [0.5, 0.6) is 5.75 Å². The van der Waals surface area contributed by atoms with Crippen LogP contribution in [0.15, 0.2) is 22.7 Å². The van der Waals surface area contributed by atoms with Crippen LogP contribution in [0.3, 0.4) is 0 Å². The normalized spacial score (nSPS) is 11.9. The molecule has 0 aliphatic carbocycles. The van der Waals surface area contributed by atoms with Crippen LogP contribution in [0.2, 0.25) is 0 Å². The van der Waals surface area contributed by atoms with E-state index in [1.807, 2.05) is 18.2 Å². The van der Waals surface area contributed by atoms with Crippen molar-refractivity contribution >= 4 is 27.5 Å². The molecule has 1 rings (SSSR count). The molecule has 0 bridgehead atoms. The van der Waals surface area contributed by atoms with Gasteiger partial charge in [-0.1, -0.05) is 22.9 Å². The van der Waals surface area contributed by atoms with Crippen LogP contribution < -0.4 is 15.8 Å². The van der Waals surface area contributed by atoms with Crippen molar-refractivity contribution in [3.8, 4) is 5.75 Å². The number of amides is 1. The van der Waals surface area contributed by atoms with Gasteiger partial charge in [0.2, 0.25) is 5.91 Å². The molecule has 0 aliphatic rings. The Balaban J connectivity index is 2.66. The van der Waals surface area contributed by atoms with E-state index >= 15 is 0 Å². The van der Waals surface area contributed by atoms with E-state index in [9.17, 15) is 4.79 Å². The Bertz CT molecular complexity index is 382. The molecule has 1 aromatic carbocycles. The lowest BCUT2D eigenvalue weighted by molar-refractivity contribution is -0.120. The third-order valence-electron chi connectivity index (χ3n) is 2.21. The Hall–Kier alpha value is -1.23. The summed E-state index contributed by atoms with van der Waals surface area (Å²) in [7, 11) is 1.61. The highest BCUT2D eigenvalue weighted by Gasteiger charge is 2.08. The number of hydrogen-bond donors (Lipinski definition) is 2. The minimum absolute atomic E-state index is 0.204. The van der Waals surface area contributed by atoms with E-state index in [2.05, 4.69) is 21.2 Å². The van der Waals surface area contributed by atoms with Crippen LogP contribution in [-0.2, 0) is 4.79 Å². The van der Waals surface area contributed by atoms with Gasteiger partial charge in [-0.25, -0.2) is 0 Å². The molecule has 0 aromatic heterocycles. The highest BCUT2D eigenvalue weighted by atomic mass is 79.9. The zero-order valence-electron chi connectivity index (χ0n) is 9.29. The molecular weight excluding hydrogens is 272 g/mol. The van der Waals surface area contributed by atoms with Gasteiger partial charge in [-0.2, -0.15) is 0 Å². The van der Waals surface area contributed by atoms with Crippen LogP contribution in [-0.4, -0.2) is 19.6 Å². The van der Waals surface area contributed by atoms with E-state index < -0.39 is 0 Å². The number of hydrogen-bond acceptors (Lipinski definition) is 3. The molecule has 0 fully saturated rings. The molecule has 0 aliphatic heterocycles. The van der Waals surface area contributed by atoms with Gasteiger partial charge >= 0.3 is 0 Å². The van der Waals surface area contributed by atoms with Crippen LogP contribution in [0.25, 0.3) is 0 Å². The number of nitrogens with one attached hydrogen (secondary N) is 1. The van der Waals surface area contributed by atoms with Crippen molar-refractivity contribution in [3.63, 3.8) is 0 Å². The van der Waals surface area contributed by atoms with Crippen LogP contribution in [0.1, 0.15) is 6.92 Å². The summed E-state index contributed by atoms with van der Waals surface area (Å²) in [5, 5.41) is 3.13. The maximum Gasteiger partial charge on any atom is 0.222 e. The Labute approximate surface area is 103 Å². The Morgan fingerprint density at radius 1 is 1.56 bits per heavy atom. The molecule has 0 saturated heterocycles. The van der Waals surface area contributed by atoms with Crippen molar-refractivity contribution in [2.24, 2.45) is 11.7 Å². The number of methoxy groups -OCH3 is 1. The van der Waals surface area contributed by atoms with Crippen molar-refractivity contribution in [1.29, 1.82) is 0 Å². The van der Waals surface area contributed by atoms with Gasteiger partial charge in [0.25, 0.3) is 0 Å². The first-order valence-corrected chi connectivity index (χ1v) is 5.70. The third kappa shape index (κ3) is 3.73. The lowest BCUT2D eigenvalue weighted by Gasteiger charge is -2.11. The molecule has 0 saturated carbocycles. The van der Waals surface area contributed by atoms with Gasteiger partial charge in [-0.15, -0.1) is 0 Å². The zero-order valence-corrected chi connectivity index (χ0v) is 10.9. The number of halogens is 1. The van der Waals surface area contributed by atoms with E-state index in [1.165, 1.54) is 0 Å². The van der Waals surface area contributed by atoms with E-state index in [-0.39, 0.29) is 11.8 Å². The maximum absolute atomic E-state index is 10.9. The van der Waals surface area contributed by atoms with Gasteiger partial charge in [0, 0.05) is 22.8 Å². The topological polar surface area (TPSA) is 64.3 Å². The second-order valence-electron chi connectivity index (χ2n) is 3.56. The predicted octanol–water partition coefficient (Wildman–Crippen LogP) is 1.99. The van der Waals surface area contributed by atoms with Crippen molar-refractivity contribution in [1.82, 2.24) is 0 Å². The van der Waals surface area contributed by atoms with E-state index in [1.54, 1.807) is 14.0 Å². The standard InChI is InChI=1S/C11H15BrN2O2/c1-7(11(13)15)6-14-9-3-8(12)4-10(5-9)16-2/h3-5,7,14H,6H2,1-2H3,(H2,13,15). The van der Waals surface area contributed by atoms with Gasteiger partial charge in [-0.05, 0) is 12.1 Å². The number of carbonyl (C=O) groups is 1. The van der Waals surface area contributed by atoms with Crippen molar-refractivity contribution in [3.05, 3.63) is 22.7 Å². The lowest BCUT2D eigenvalue weighted by atomic mass is 10.1. The molecule has 1 atom stereocenters. The fourth-order valence-electron chi connectivity index (χ4n) is 1.15. The van der Waals surface area contributed by atoms with Gasteiger partial charge < -0.3 is 15.8 Å². The van der Waals surface area contributed by atoms with Gasteiger partial charge in [0.15, 0.2) is 0 Å². The number of anilines is 1. The number of rotatable bonds is 5. The zero-order chi connectivity index (χ0) is 12.1. The maximum atomic E-state index is 10.9. The monoisotopic (exact) mass is 286 g/mol. The van der Waals surface area contributed by atoms with Crippen LogP contribution >= 0.6 is 15.9 Å². The molecule has 1 aromatic rings. The second kappa shape index (κ2) is 5.75. The number of nitrogens with two attached hydrogens (primary N) is 1. The summed E-state index contributed by atoms with van der Waals surface area (Å²) < 4.78 is 6.05. The highest BCUT2D eigenvalue weighted by Crippen LogP contribution is 2.24. The number of carbonyl (C=O) groups excluding carboxylic acids is 1. The molecule has 0 heterocycles.